The SMILES string of the molecule is C[C@H]1C(=O)N2C(CCN3CCC4(CC4)C(O)C3)CCC[C@@H]2CN1C(=O)OCc1ccccc1. The minimum atomic E-state index is -0.503. The lowest BCUT2D eigenvalue weighted by molar-refractivity contribution is -0.150. The summed E-state index contributed by atoms with van der Waals surface area (Å²) in [5.74, 6) is 0.0447. The van der Waals surface area contributed by atoms with Crippen LogP contribution in [0.15, 0.2) is 30.3 Å². The van der Waals surface area contributed by atoms with Crippen molar-refractivity contribution in [1.82, 2.24) is 14.7 Å². The Bertz CT molecular complexity index is 858. The number of aliphatic hydroxyl groups is 1. The first-order valence-corrected chi connectivity index (χ1v) is 12.7. The molecule has 2 unspecified atom stereocenters. The van der Waals surface area contributed by atoms with Crippen LogP contribution in [-0.2, 0) is 16.1 Å². The maximum Gasteiger partial charge on any atom is 0.410 e. The fourth-order valence-corrected chi connectivity index (χ4v) is 6.11. The third-order valence-electron chi connectivity index (χ3n) is 8.52. The van der Waals surface area contributed by atoms with E-state index in [0.29, 0.717) is 6.54 Å². The molecule has 0 aromatic heterocycles. The maximum absolute atomic E-state index is 13.4. The number of β-amino-alcohol motifs (C(OH)–C–C–N with tert-alkyl or cyclic N) is 1. The number of nitrogens with zero attached hydrogens (tertiary/aromatic N) is 3. The van der Waals surface area contributed by atoms with Crippen LogP contribution in [-0.4, -0.2) is 82.2 Å². The summed E-state index contributed by atoms with van der Waals surface area (Å²) < 4.78 is 5.54. The normalized spacial score (nSPS) is 31.4. The van der Waals surface area contributed by atoms with E-state index in [1.165, 1.54) is 12.8 Å². The van der Waals surface area contributed by atoms with Crippen LogP contribution in [0.4, 0.5) is 4.79 Å². The lowest BCUT2D eigenvalue weighted by Crippen LogP contribution is -2.66. The van der Waals surface area contributed by atoms with Gasteiger partial charge in [0.2, 0.25) is 5.91 Å². The van der Waals surface area contributed by atoms with Gasteiger partial charge in [-0.3, -0.25) is 9.69 Å². The molecule has 4 fully saturated rings. The zero-order valence-electron chi connectivity index (χ0n) is 19.7. The largest absolute Gasteiger partial charge is 0.445 e. The lowest BCUT2D eigenvalue weighted by atomic mass is 9.88. The second kappa shape index (κ2) is 9.26. The van der Waals surface area contributed by atoms with E-state index in [-0.39, 0.29) is 36.1 Å². The van der Waals surface area contributed by atoms with Crippen LogP contribution in [0.2, 0.25) is 0 Å². The monoisotopic (exact) mass is 455 g/mol. The van der Waals surface area contributed by atoms with Crippen LogP contribution in [0.25, 0.3) is 0 Å². The smallest absolute Gasteiger partial charge is 0.410 e. The Balaban J connectivity index is 1.16. The van der Waals surface area contributed by atoms with E-state index < -0.39 is 12.1 Å². The molecule has 1 N–H and O–H groups in total. The molecule has 1 aliphatic carbocycles. The number of benzene rings is 1. The number of likely N-dealkylation sites (tertiary alicyclic amines) is 1. The molecule has 7 heteroatoms. The van der Waals surface area contributed by atoms with Crippen LogP contribution < -0.4 is 0 Å². The minimum absolute atomic E-state index is 0.0447. The number of carbonyl (C=O) groups is 2. The van der Waals surface area contributed by atoms with Crippen molar-refractivity contribution in [2.75, 3.05) is 26.2 Å². The van der Waals surface area contributed by atoms with Gasteiger partial charge in [-0.1, -0.05) is 30.3 Å². The van der Waals surface area contributed by atoms with Gasteiger partial charge in [-0.25, -0.2) is 4.79 Å². The fraction of sp³-hybridized carbons (Fsp3) is 0.692. The van der Waals surface area contributed by atoms with Gasteiger partial charge in [0, 0.05) is 31.7 Å². The minimum Gasteiger partial charge on any atom is -0.445 e. The molecular formula is C26H37N3O4. The summed E-state index contributed by atoms with van der Waals surface area (Å²) in [6.07, 6.45) is 6.82. The number of piperidine rings is 2. The van der Waals surface area contributed by atoms with E-state index in [9.17, 15) is 14.7 Å². The molecule has 0 radical (unpaired) electrons. The highest BCUT2D eigenvalue weighted by Gasteiger charge is 2.51. The number of carbonyl (C=O) groups excluding carboxylic acids is 2. The molecule has 4 atom stereocenters. The van der Waals surface area contributed by atoms with Gasteiger partial charge in [0.25, 0.3) is 0 Å². The zero-order chi connectivity index (χ0) is 23.0. The maximum atomic E-state index is 13.4. The first-order chi connectivity index (χ1) is 16.0. The number of aliphatic hydroxyl groups excluding tert-OH is 1. The number of ether oxygens (including phenoxy) is 1. The van der Waals surface area contributed by atoms with Gasteiger partial charge in [0.1, 0.15) is 12.6 Å². The highest BCUT2D eigenvalue weighted by atomic mass is 16.6. The zero-order valence-corrected chi connectivity index (χ0v) is 19.7. The summed E-state index contributed by atoms with van der Waals surface area (Å²) in [6.45, 7) is 5.33. The predicted molar refractivity (Wildman–Crippen MR) is 124 cm³/mol. The van der Waals surface area contributed by atoms with Crippen molar-refractivity contribution in [3.8, 4) is 0 Å². The van der Waals surface area contributed by atoms with Crippen LogP contribution in [0.5, 0.6) is 0 Å². The number of hydrogen-bond acceptors (Lipinski definition) is 5. The van der Waals surface area contributed by atoms with Gasteiger partial charge >= 0.3 is 6.09 Å². The first-order valence-electron chi connectivity index (χ1n) is 12.7. The average molecular weight is 456 g/mol. The third kappa shape index (κ3) is 4.62. The molecule has 3 heterocycles. The van der Waals surface area contributed by atoms with Crippen molar-refractivity contribution in [3.63, 3.8) is 0 Å². The quantitative estimate of drug-likeness (QED) is 0.739. The molecule has 2 amide bonds. The van der Waals surface area contributed by atoms with Gasteiger partial charge in [-0.2, -0.15) is 0 Å². The molecule has 1 aromatic rings. The van der Waals surface area contributed by atoms with Crippen molar-refractivity contribution in [2.45, 2.75) is 82.7 Å². The highest BCUT2D eigenvalue weighted by molar-refractivity contribution is 5.87. The van der Waals surface area contributed by atoms with Gasteiger partial charge in [0.15, 0.2) is 0 Å². The average Bonchev–Trinajstić information content (AvgIpc) is 3.62. The van der Waals surface area contributed by atoms with E-state index in [4.69, 9.17) is 4.74 Å². The Morgan fingerprint density at radius 3 is 2.67 bits per heavy atom. The molecule has 3 aliphatic heterocycles. The Kier molecular flexibility index (Phi) is 6.36. The van der Waals surface area contributed by atoms with E-state index in [1.807, 2.05) is 37.3 Å². The summed E-state index contributed by atoms with van der Waals surface area (Å²) in [5, 5.41) is 10.5. The topological polar surface area (TPSA) is 73.3 Å². The second-order valence-corrected chi connectivity index (χ2v) is 10.6. The molecule has 5 rings (SSSR count). The van der Waals surface area contributed by atoms with E-state index in [1.54, 1.807) is 4.90 Å². The fourth-order valence-electron chi connectivity index (χ4n) is 6.11. The van der Waals surface area contributed by atoms with E-state index in [0.717, 1.165) is 57.3 Å². The lowest BCUT2D eigenvalue weighted by Gasteiger charge is -2.50. The molecule has 7 nitrogen and oxygen atoms in total. The Morgan fingerprint density at radius 2 is 1.94 bits per heavy atom. The van der Waals surface area contributed by atoms with E-state index in [2.05, 4.69) is 9.80 Å². The second-order valence-electron chi connectivity index (χ2n) is 10.6. The molecule has 1 aromatic carbocycles. The van der Waals surface area contributed by atoms with E-state index >= 15 is 0 Å². The summed E-state index contributed by atoms with van der Waals surface area (Å²) >= 11 is 0. The predicted octanol–water partition coefficient (Wildman–Crippen LogP) is 3.01. The van der Waals surface area contributed by atoms with Crippen molar-refractivity contribution in [1.29, 1.82) is 0 Å². The molecule has 1 saturated carbocycles. The van der Waals surface area contributed by atoms with Crippen LogP contribution in [0.3, 0.4) is 0 Å². The molecule has 33 heavy (non-hydrogen) atoms. The Hall–Kier alpha value is -2.12. The van der Waals surface area contributed by atoms with Crippen molar-refractivity contribution in [3.05, 3.63) is 35.9 Å². The molecule has 3 saturated heterocycles. The van der Waals surface area contributed by atoms with Crippen molar-refractivity contribution < 1.29 is 19.4 Å². The number of amides is 2. The van der Waals surface area contributed by atoms with Crippen LogP contribution in [0, 0.1) is 5.41 Å². The van der Waals surface area contributed by atoms with Crippen LogP contribution >= 0.6 is 0 Å². The number of fused-ring (bicyclic) bond motifs is 1. The van der Waals surface area contributed by atoms with Gasteiger partial charge in [-0.05, 0) is 69.4 Å². The summed E-state index contributed by atoms with van der Waals surface area (Å²) in [6, 6.07) is 9.41. The summed E-state index contributed by atoms with van der Waals surface area (Å²) in [7, 11) is 0. The molecule has 0 bridgehead atoms. The van der Waals surface area contributed by atoms with Gasteiger partial charge < -0.3 is 19.6 Å². The van der Waals surface area contributed by atoms with Gasteiger partial charge in [-0.15, -0.1) is 0 Å². The highest BCUT2D eigenvalue weighted by Crippen LogP contribution is 2.53. The molecule has 1 spiro atoms. The molecular weight excluding hydrogens is 418 g/mol. The molecule has 180 valence electrons. The summed E-state index contributed by atoms with van der Waals surface area (Å²) in [5.41, 5.74) is 1.17. The Labute approximate surface area is 196 Å². The molecule has 4 aliphatic rings. The van der Waals surface area contributed by atoms with Gasteiger partial charge in [0.05, 0.1) is 6.10 Å². The summed E-state index contributed by atoms with van der Waals surface area (Å²) in [4.78, 5) is 32.3. The standard InChI is InChI=1S/C26H37N3O4/c1-19-24(31)29-21(10-14-27-15-13-26(11-12-26)23(30)17-27)8-5-9-22(29)16-28(19)25(32)33-18-20-6-3-2-4-7-20/h2-4,6-7,19,21-23,30H,5,8-18H2,1H3/t19-,21?,22+,23?/m0/s1. The third-order valence-corrected chi connectivity index (χ3v) is 8.52. The van der Waals surface area contributed by atoms with Crippen LogP contribution in [0.1, 0.15) is 57.4 Å². The number of rotatable bonds is 5. The number of piperazine rings is 1. The first kappa shape index (κ1) is 22.7. The Morgan fingerprint density at radius 1 is 1.15 bits per heavy atom. The van der Waals surface area contributed by atoms with Crippen molar-refractivity contribution in [2.24, 2.45) is 5.41 Å². The van der Waals surface area contributed by atoms with Crippen molar-refractivity contribution >= 4 is 12.0 Å². The number of hydrogen-bond donors (Lipinski definition) is 1.